The highest BCUT2D eigenvalue weighted by Crippen LogP contribution is 2.18. The Hall–Kier alpha value is -3.26. The van der Waals surface area contributed by atoms with E-state index in [1.807, 2.05) is 0 Å². The summed E-state index contributed by atoms with van der Waals surface area (Å²) in [7, 11) is 0. The lowest BCUT2D eigenvalue weighted by Crippen LogP contribution is -2.02. The summed E-state index contributed by atoms with van der Waals surface area (Å²) in [5.41, 5.74) is 9.69. The normalized spacial score (nSPS) is 13.1. The largest absolute Gasteiger partial charge is 0.257 e. The smallest absolute Gasteiger partial charge is 0.0466 e. The van der Waals surface area contributed by atoms with Crippen LogP contribution in [0, 0.1) is 0 Å². The van der Waals surface area contributed by atoms with Crippen LogP contribution in [0.5, 0.6) is 0 Å². The molecule has 2 heteroatoms. The van der Waals surface area contributed by atoms with Crippen LogP contribution < -0.4 is 0 Å². The van der Waals surface area contributed by atoms with E-state index in [2.05, 4.69) is 84.9 Å². The first-order valence-corrected chi connectivity index (χ1v) is 9.85. The molecule has 136 valence electrons. The highest BCUT2D eigenvalue weighted by Gasteiger charge is 2.07. The van der Waals surface area contributed by atoms with Crippen LogP contribution >= 0.6 is 0 Å². The first-order valence-electron chi connectivity index (χ1n) is 9.85. The second kappa shape index (κ2) is 7.40. The molecule has 0 saturated carbocycles. The minimum absolute atomic E-state index is 0.766. The monoisotopic (exact) mass is 362 g/mol. The van der Waals surface area contributed by atoms with Crippen LogP contribution in [-0.4, -0.2) is 9.97 Å². The Morgan fingerprint density at radius 1 is 0.393 bits per heavy atom. The average molecular weight is 362 g/mol. The lowest BCUT2D eigenvalue weighted by atomic mass is 9.98. The highest BCUT2D eigenvalue weighted by atomic mass is 14.7. The van der Waals surface area contributed by atoms with Gasteiger partial charge in [0.2, 0.25) is 0 Å². The Kier molecular flexibility index (Phi) is 4.46. The third-order valence-electron chi connectivity index (χ3n) is 5.25. The summed E-state index contributed by atoms with van der Waals surface area (Å²) in [6, 6.07) is 30.4. The van der Waals surface area contributed by atoms with Crippen LogP contribution in [0.3, 0.4) is 0 Å². The van der Waals surface area contributed by atoms with Gasteiger partial charge in [0.15, 0.2) is 0 Å². The number of nitrogens with zero attached hydrogens (tertiary/aromatic N) is 2. The molecule has 0 radical (unpaired) electrons. The van der Waals surface area contributed by atoms with E-state index < -0.39 is 0 Å². The van der Waals surface area contributed by atoms with Gasteiger partial charge in [-0.25, -0.2) is 0 Å². The van der Waals surface area contributed by atoms with Crippen molar-refractivity contribution in [2.24, 2.45) is 0 Å². The summed E-state index contributed by atoms with van der Waals surface area (Å²) < 4.78 is 0. The van der Waals surface area contributed by atoms with Crippen LogP contribution in [0.1, 0.15) is 45.0 Å². The lowest BCUT2D eigenvalue weighted by Gasteiger charge is -2.10. The van der Waals surface area contributed by atoms with Crippen molar-refractivity contribution in [2.75, 3.05) is 0 Å². The van der Waals surface area contributed by atoms with E-state index in [1.54, 1.807) is 0 Å². The van der Waals surface area contributed by atoms with Gasteiger partial charge in [-0.3, -0.25) is 9.97 Å². The van der Waals surface area contributed by atoms with Crippen molar-refractivity contribution < 1.29 is 0 Å². The Morgan fingerprint density at radius 2 is 0.750 bits per heavy atom. The maximum absolute atomic E-state index is 4.89. The maximum atomic E-state index is 4.89. The predicted molar refractivity (Wildman–Crippen MR) is 113 cm³/mol. The van der Waals surface area contributed by atoms with Crippen LogP contribution in [0.25, 0.3) is 0 Å². The minimum atomic E-state index is 0.766. The fourth-order valence-corrected chi connectivity index (χ4v) is 3.99. The van der Waals surface area contributed by atoms with Gasteiger partial charge in [-0.2, -0.15) is 0 Å². The van der Waals surface area contributed by atoms with E-state index in [0.29, 0.717) is 0 Å². The van der Waals surface area contributed by atoms with Gasteiger partial charge in [-0.1, -0.05) is 60.7 Å². The van der Waals surface area contributed by atoms with Gasteiger partial charge in [0.05, 0.1) is 0 Å². The van der Waals surface area contributed by atoms with Crippen LogP contribution in [0.2, 0.25) is 0 Å². The molecule has 0 atom stereocenters. The molecule has 0 unspecified atom stereocenters. The second-order valence-electron chi connectivity index (χ2n) is 7.59. The van der Waals surface area contributed by atoms with E-state index in [9.17, 15) is 0 Å². The third-order valence-corrected chi connectivity index (χ3v) is 5.25. The minimum Gasteiger partial charge on any atom is -0.257 e. The van der Waals surface area contributed by atoms with Gasteiger partial charge in [0.1, 0.15) is 0 Å². The van der Waals surface area contributed by atoms with Gasteiger partial charge < -0.3 is 0 Å². The molecule has 1 aliphatic heterocycles. The van der Waals surface area contributed by atoms with E-state index >= 15 is 0 Å². The second-order valence-corrected chi connectivity index (χ2v) is 7.59. The zero-order valence-electron chi connectivity index (χ0n) is 15.8. The molecule has 1 aliphatic rings. The number of benzene rings is 2. The molecule has 4 aromatic rings. The number of pyridine rings is 2. The van der Waals surface area contributed by atoms with Gasteiger partial charge in [-0.05, 0) is 52.9 Å². The van der Waals surface area contributed by atoms with Crippen molar-refractivity contribution >= 4 is 0 Å². The van der Waals surface area contributed by atoms with Crippen molar-refractivity contribution in [2.45, 2.75) is 25.7 Å². The van der Waals surface area contributed by atoms with Gasteiger partial charge in [-0.15, -0.1) is 0 Å². The SMILES string of the molecule is c1cc2cc(c1)Cc1cccc(n1)Cc1cccc(n1)Cc1cccc(c1)C2. The van der Waals surface area contributed by atoms with Crippen LogP contribution in [0.4, 0.5) is 0 Å². The van der Waals surface area contributed by atoms with Gasteiger partial charge in [0.25, 0.3) is 0 Å². The van der Waals surface area contributed by atoms with E-state index in [-0.39, 0.29) is 0 Å². The highest BCUT2D eigenvalue weighted by molar-refractivity contribution is 5.35. The molecule has 3 heterocycles. The number of aromatic nitrogens is 2. The molecule has 0 aliphatic carbocycles. The van der Waals surface area contributed by atoms with Crippen molar-refractivity contribution in [1.29, 1.82) is 0 Å². The molecule has 2 aromatic carbocycles. The molecular formula is C26H22N2. The summed E-state index contributed by atoms with van der Waals surface area (Å²) in [4.78, 5) is 9.78. The first-order chi connectivity index (χ1) is 13.8. The van der Waals surface area contributed by atoms with Crippen molar-refractivity contribution in [3.8, 4) is 0 Å². The molecule has 0 N–H and O–H groups in total. The molecule has 0 amide bonds. The Morgan fingerprint density at radius 3 is 1.21 bits per heavy atom. The van der Waals surface area contributed by atoms with Crippen molar-refractivity contribution in [3.63, 3.8) is 0 Å². The van der Waals surface area contributed by atoms with Crippen LogP contribution in [-0.2, 0) is 25.7 Å². The summed E-state index contributed by atoms with van der Waals surface area (Å²) in [6.45, 7) is 0. The summed E-state index contributed by atoms with van der Waals surface area (Å²) in [5.74, 6) is 0. The fourth-order valence-electron chi connectivity index (χ4n) is 3.99. The van der Waals surface area contributed by atoms with Crippen molar-refractivity contribution in [3.05, 3.63) is 130 Å². The molecule has 0 spiro atoms. The average Bonchev–Trinajstić information content (AvgIpc) is 2.69. The third kappa shape index (κ3) is 3.86. The molecule has 2 aromatic heterocycles. The zero-order chi connectivity index (χ0) is 18.8. The Bertz CT molecular complexity index is 879. The lowest BCUT2D eigenvalue weighted by molar-refractivity contribution is 0.938. The van der Waals surface area contributed by atoms with E-state index in [4.69, 9.17) is 9.97 Å². The van der Waals surface area contributed by atoms with E-state index in [0.717, 1.165) is 48.5 Å². The van der Waals surface area contributed by atoms with Gasteiger partial charge >= 0.3 is 0 Å². The van der Waals surface area contributed by atoms with Crippen molar-refractivity contribution in [1.82, 2.24) is 9.97 Å². The Balaban J connectivity index is 1.60. The number of hydrogen-bond acceptors (Lipinski definition) is 2. The number of rotatable bonds is 0. The molecule has 5 rings (SSSR count). The fraction of sp³-hybridized carbons (Fsp3) is 0.154. The summed E-state index contributed by atoms with van der Waals surface area (Å²) in [6.07, 6.45) is 3.43. The standard InChI is InChI=1S/C26H22N2/c1-5-19-13-20-6-2-8-22(15-20)17-24-10-4-12-26(28-24)18-25-11-3-9-23(27-25)16-21(7-1)14-19/h1-12,14-15H,13,16-18H2. The topological polar surface area (TPSA) is 25.8 Å². The molecule has 28 heavy (non-hydrogen) atoms. The Labute approximate surface area is 165 Å². The molecule has 0 saturated heterocycles. The number of fused-ring (bicyclic) bond motifs is 8. The molecule has 8 bridgehead atoms. The molecule has 0 fully saturated rings. The van der Waals surface area contributed by atoms with E-state index in [1.165, 1.54) is 22.3 Å². The predicted octanol–water partition coefficient (Wildman–Crippen LogP) is 5.15. The first kappa shape index (κ1) is 16.9. The molecular weight excluding hydrogens is 340 g/mol. The van der Waals surface area contributed by atoms with Gasteiger partial charge in [0, 0.05) is 42.0 Å². The quantitative estimate of drug-likeness (QED) is 0.381. The van der Waals surface area contributed by atoms with Crippen LogP contribution in [0.15, 0.2) is 84.9 Å². The maximum Gasteiger partial charge on any atom is 0.0466 e. The molecule has 2 nitrogen and oxygen atoms in total. The summed E-state index contributed by atoms with van der Waals surface area (Å²) in [5, 5.41) is 0. The zero-order valence-corrected chi connectivity index (χ0v) is 15.8. The summed E-state index contributed by atoms with van der Waals surface area (Å²) >= 11 is 0. The number of hydrogen-bond donors (Lipinski definition) is 0.